The molecule has 1 heterocycles. The van der Waals surface area contributed by atoms with Gasteiger partial charge in [-0.15, -0.1) is 0 Å². The number of halogens is 2. The number of amides is 4. The molecule has 1 fully saturated rings. The Morgan fingerprint density at radius 3 is 2.38 bits per heavy atom. The van der Waals surface area contributed by atoms with Gasteiger partial charge in [0.2, 0.25) is 5.91 Å². The Kier molecular flexibility index (Phi) is 4.64. The Morgan fingerprint density at radius 1 is 1.15 bits per heavy atom. The van der Waals surface area contributed by atoms with Crippen LogP contribution in [-0.2, 0) is 16.9 Å². The van der Waals surface area contributed by atoms with Crippen LogP contribution in [-0.4, -0.2) is 22.7 Å². The Hall–Kier alpha value is -2.57. The van der Waals surface area contributed by atoms with Crippen LogP contribution in [0.1, 0.15) is 28.4 Å². The number of carbonyl (C=O) groups is 3. The van der Waals surface area contributed by atoms with Crippen molar-refractivity contribution in [3.63, 3.8) is 0 Å². The van der Waals surface area contributed by atoms with Gasteiger partial charge in [-0.25, -0.2) is 4.79 Å². The average Bonchev–Trinajstić information content (AvgIpc) is 2.82. The first-order valence-corrected chi connectivity index (χ1v) is 8.47. The van der Waals surface area contributed by atoms with Crippen molar-refractivity contribution in [2.75, 3.05) is 0 Å². The van der Waals surface area contributed by atoms with Crippen LogP contribution in [0.15, 0.2) is 42.5 Å². The van der Waals surface area contributed by atoms with Crippen LogP contribution in [0.4, 0.5) is 4.79 Å². The van der Waals surface area contributed by atoms with Crippen molar-refractivity contribution in [3.05, 3.63) is 69.2 Å². The number of urea groups is 1. The normalized spacial score (nSPS) is 19.6. The number of hydrogen-bond donors (Lipinski definition) is 2. The summed E-state index contributed by atoms with van der Waals surface area (Å²) in [6.45, 7) is 1.51. The predicted molar refractivity (Wildman–Crippen MR) is 97.9 cm³/mol. The molecule has 6 nitrogen and oxygen atoms in total. The second kappa shape index (κ2) is 6.63. The van der Waals surface area contributed by atoms with Crippen LogP contribution in [0.2, 0.25) is 10.0 Å². The first-order chi connectivity index (χ1) is 12.2. The minimum atomic E-state index is -1.32. The molecular formula is C18H15Cl2N3O3. The van der Waals surface area contributed by atoms with Crippen molar-refractivity contribution in [2.45, 2.75) is 19.0 Å². The molecule has 3 N–H and O–H groups in total. The smallest absolute Gasteiger partial charge is 0.325 e. The molecule has 1 atom stereocenters. The minimum Gasteiger partial charge on any atom is -0.366 e. The van der Waals surface area contributed by atoms with Gasteiger partial charge >= 0.3 is 6.03 Å². The fourth-order valence-electron chi connectivity index (χ4n) is 2.86. The molecule has 2 aromatic rings. The Bertz CT molecular complexity index is 911. The number of primary amides is 1. The van der Waals surface area contributed by atoms with Gasteiger partial charge < -0.3 is 11.1 Å². The van der Waals surface area contributed by atoms with Crippen molar-refractivity contribution < 1.29 is 14.4 Å². The van der Waals surface area contributed by atoms with Gasteiger partial charge in [0, 0.05) is 21.2 Å². The third-order valence-electron chi connectivity index (χ3n) is 4.38. The highest BCUT2D eigenvalue weighted by molar-refractivity contribution is 6.36. The van der Waals surface area contributed by atoms with Crippen LogP contribution in [0.5, 0.6) is 0 Å². The van der Waals surface area contributed by atoms with Gasteiger partial charge in [-0.1, -0.05) is 41.4 Å². The molecule has 1 saturated heterocycles. The molecule has 0 spiro atoms. The fourth-order valence-corrected chi connectivity index (χ4v) is 3.38. The van der Waals surface area contributed by atoms with Crippen LogP contribution in [0, 0.1) is 0 Å². The number of rotatable bonds is 4. The summed E-state index contributed by atoms with van der Waals surface area (Å²) in [6, 6.07) is 10.7. The van der Waals surface area contributed by atoms with Gasteiger partial charge in [0.25, 0.3) is 5.91 Å². The lowest BCUT2D eigenvalue weighted by molar-refractivity contribution is -0.131. The fraction of sp³-hybridized carbons (Fsp3) is 0.167. The molecule has 134 valence electrons. The summed E-state index contributed by atoms with van der Waals surface area (Å²) in [5.41, 5.74) is 5.16. The third-order valence-corrected chi connectivity index (χ3v) is 5.09. The SMILES string of the molecule is CC1(c2cccc(C(N)=O)c2)NC(=O)N(Cc2c(Cl)cccc2Cl)C1=O. The zero-order chi connectivity index (χ0) is 19.1. The summed E-state index contributed by atoms with van der Waals surface area (Å²) in [5, 5.41) is 3.40. The quantitative estimate of drug-likeness (QED) is 0.784. The molecular weight excluding hydrogens is 377 g/mol. The van der Waals surface area contributed by atoms with Crippen molar-refractivity contribution in [1.82, 2.24) is 10.2 Å². The standard InChI is InChI=1S/C18H15Cl2N3O3/c1-18(11-5-2-4-10(8-11)15(21)24)16(25)23(17(26)22-18)9-12-13(19)6-3-7-14(12)20/h2-8H,9H2,1H3,(H2,21,24)(H,22,26). The second-order valence-electron chi connectivity index (χ2n) is 6.09. The molecule has 0 aromatic heterocycles. The molecule has 8 heteroatoms. The average molecular weight is 392 g/mol. The maximum Gasteiger partial charge on any atom is 0.325 e. The third kappa shape index (κ3) is 3.02. The summed E-state index contributed by atoms with van der Waals surface area (Å²) in [4.78, 5) is 37.9. The minimum absolute atomic E-state index is 0.0612. The summed E-state index contributed by atoms with van der Waals surface area (Å²) >= 11 is 12.3. The van der Waals surface area contributed by atoms with Crippen LogP contribution in [0.3, 0.4) is 0 Å². The Labute approximate surface area is 159 Å². The molecule has 0 radical (unpaired) electrons. The van der Waals surface area contributed by atoms with Gasteiger partial charge in [0.15, 0.2) is 0 Å². The first kappa shape index (κ1) is 18.2. The molecule has 2 aromatic carbocycles. The van der Waals surface area contributed by atoms with Crippen molar-refractivity contribution >= 4 is 41.0 Å². The summed E-state index contributed by atoms with van der Waals surface area (Å²) in [7, 11) is 0. The van der Waals surface area contributed by atoms with Crippen molar-refractivity contribution in [1.29, 1.82) is 0 Å². The van der Waals surface area contributed by atoms with Crippen LogP contribution in [0.25, 0.3) is 0 Å². The molecule has 4 amide bonds. The molecule has 0 aliphatic carbocycles. The molecule has 1 aliphatic rings. The molecule has 0 saturated carbocycles. The van der Waals surface area contributed by atoms with Gasteiger partial charge in [-0.3, -0.25) is 14.5 Å². The highest BCUT2D eigenvalue weighted by Crippen LogP contribution is 2.33. The summed E-state index contributed by atoms with van der Waals surface area (Å²) in [6.07, 6.45) is 0. The lowest BCUT2D eigenvalue weighted by Gasteiger charge is -2.23. The van der Waals surface area contributed by atoms with E-state index in [0.717, 1.165) is 4.90 Å². The van der Waals surface area contributed by atoms with E-state index >= 15 is 0 Å². The topological polar surface area (TPSA) is 92.5 Å². The van der Waals surface area contributed by atoms with Crippen LogP contribution < -0.4 is 11.1 Å². The van der Waals surface area contributed by atoms with Crippen LogP contribution >= 0.6 is 23.2 Å². The maximum absolute atomic E-state index is 13.0. The number of hydrogen-bond acceptors (Lipinski definition) is 3. The van der Waals surface area contributed by atoms with Gasteiger partial charge in [0.05, 0.1) is 6.54 Å². The maximum atomic E-state index is 13.0. The Balaban J connectivity index is 1.96. The number of benzene rings is 2. The second-order valence-corrected chi connectivity index (χ2v) is 6.91. The Morgan fingerprint density at radius 2 is 1.77 bits per heavy atom. The van der Waals surface area contributed by atoms with Gasteiger partial charge in [-0.2, -0.15) is 0 Å². The zero-order valence-corrected chi connectivity index (χ0v) is 15.3. The molecule has 3 rings (SSSR count). The van der Waals surface area contributed by atoms with E-state index < -0.39 is 23.4 Å². The van der Waals surface area contributed by atoms with E-state index in [4.69, 9.17) is 28.9 Å². The largest absolute Gasteiger partial charge is 0.366 e. The van der Waals surface area contributed by atoms with E-state index in [1.807, 2.05) is 0 Å². The predicted octanol–water partition coefficient (Wildman–Crippen LogP) is 3.06. The number of imide groups is 1. The molecule has 1 aliphatic heterocycles. The van der Waals surface area contributed by atoms with E-state index in [2.05, 4.69) is 5.32 Å². The highest BCUT2D eigenvalue weighted by atomic mass is 35.5. The number of nitrogens with two attached hydrogens (primary N) is 1. The zero-order valence-electron chi connectivity index (χ0n) is 13.8. The van der Waals surface area contributed by atoms with E-state index in [0.29, 0.717) is 21.2 Å². The lowest BCUT2D eigenvalue weighted by Crippen LogP contribution is -2.41. The summed E-state index contributed by atoms with van der Waals surface area (Å²) in [5.74, 6) is -1.09. The van der Waals surface area contributed by atoms with E-state index in [1.54, 1.807) is 37.3 Å². The number of nitrogens with one attached hydrogen (secondary N) is 1. The van der Waals surface area contributed by atoms with E-state index in [1.165, 1.54) is 12.1 Å². The highest BCUT2D eigenvalue weighted by Gasteiger charge is 2.49. The molecule has 0 bridgehead atoms. The number of nitrogens with zero attached hydrogens (tertiary/aromatic N) is 1. The lowest BCUT2D eigenvalue weighted by atomic mass is 9.90. The van der Waals surface area contributed by atoms with E-state index in [-0.39, 0.29) is 12.1 Å². The van der Waals surface area contributed by atoms with Crippen molar-refractivity contribution in [3.8, 4) is 0 Å². The summed E-state index contributed by atoms with van der Waals surface area (Å²) < 4.78 is 0. The number of carbonyl (C=O) groups excluding carboxylic acids is 3. The van der Waals surface area contributed by atoms with E-state index in [9.17, 15) is 14.4 Å². The monoisotopic (exact) mass is 391 g/mol. The first-order valence-electron chi connectivity index (χ1n) is 7.71. The van der Waals surface area contributed by atoms with Gasteiger partial charge in [-0.05, 0) is 36.8 Å². The van der Waals surface area contributed by atoms with Gasteiger partial charge in [0.1, 0.15) is 5.54 Å². The molecule has 26 heavy (non-hydrogen) atoms. The van der Waals surface area contributed by atoms with Crippen molar-refractivity contribution in [2.24, 2.45) is 5.73 Å². The molecule has 1 unspecified atom stereocenters.